The van der Waals surface area contributed by atoms with Gasteiger partial charge in [-0.3, -0.25) is 10.1 Å². The average Bonchev–Trinajstić information content (AvgIpc) is 3.60. The van der Waals surface area contributed by atoms with Crippen LogP contribution in [0, 0.1) is 18.3 Å². The Balaban J connectivity index is 1.69. The number of carboxylic acid groups (broad SMARTS) is 1. The lowest BCUT2D eigenvalue weighted by molar-refractivity contribution is -0.870. The van der Waals surface area contributed by atoms with Gasteiger partial charge in [-0.1, -0.05) is 12.1 Å². The number of alkyl halides is 3. The van der Waals surface area contributed by atoms with E-state index in [1.165, 1.54) is 39.7 Å². The lowest BCUT2D eigenvalue weighted by Gasteiger charge is -2.23. The van der Waals surface area contributed by atoms with Crippen LogP contribution < -0.4 is 10.4 Å². The van der Waals surface area contributed by atoms with Gasteiger partial charge in [-0.2, -0.15) is 23.4 Å². The van der Waals surface area contributed by atoms with Crippen LogP contribution in [0.15, 0.2) is 54.7 Å². The summed E-state index contributed by atoms with van der Waals surface area (Å²) in [5.74, 6) is -2.68. The van der Waals surface area contributed by atoms with Crippen molar-refractivity contribution in [1.29, 1.82) is 5.26 Å². The second kappa shape index (κ2) is 12.1. The molecule has 15 heteroatoms. The summed E-state index contributed by atoms with van der Waals surface area (Å²) in [7, 11) is 6.03. The first-order valence-electron chi connectivity index (χ1n) is 14.0. The first-order chi connectivity index (χ1) is 21.6. The van der Waals surface area contributed by atoms with Crippen molar-refractivity contribution in [2.45, 2.75) is 25.9 Å². The average molecular weight is 632 g/mol. The fraction of sp³-hybridized carbons (Fsp3) is 0.258. The van der Waals surface area contributed by atoms with Crippen LogP contribution in [0.2, 0.25) is 0 Å². The molecule has 2 aromatic carbocycles. The number of nitrogens with one attached hydrogen (secondary N) is 1. The topological polar surface area (TPSA) is 154 Å². The van der Waals surface area contributed by atoms with E-state index in [0.717, 1.165) is 18.7 Å². The molecule has 0 aliphatic heterocycles. The Hall–Kier alpha value is -5.62. The number of fused-ring (bicyclic) bond motifs is 1. The summed E-state index contributed by atoms with van der Waals surface area (Å²) in [6.07, 6.45) is -2.34. The fourth-order valence-corrected chi connectivity index (χ4v) is 4.91. The number of anilines is 1. The maximum Gasteiger partial charge on any atom is 0.416 e. The summed E-state index contributed by atoms with van der Waals surface area (Å²) < 4.78 is 44.4. The van der Waals surface area contributed by atoms with E-state index >= 15 is 0 Å². The van der Waals surface area contributed by atoms with Crippen molar-refractivity contribution in [1.82, 2.24) is 29.4 Å². The maximum atomic E-state index is 13.8. The van der Waals surface area contributed by atoms with Crippen LogP contribution in [0.25, 0.3) is 33.8 Å². The first-order valence-corrected chi connectivity index (χ1v) is 14.0. The van der Waals surface area contributed by atoms with E-state index in [4.69, 9.17) is 0 Å². The lowest BCUT2D eigenvalue weighted by atomic mass is 9.96. The predicted molar refractivity (Wildman–Crippen MR) is 158 cm³/mol. The van der Waals surface area contributed by atoms with Crippen LogP contribution in [-0.4, -0.2) is 73.4 Å². The number of amides is 1. The third kappa shape index (κ3) is 6.71. The second-order valence-corrected chi connectivity index (χ2v) is 11.6. The molecule has 1 N–H and O–H groups in total. The number of nitriles is 1. The highest BCUT2D eigenvalue weighted by Crippen LogP contribution is 2.38. The SMILES string of the molecule is Cc1c(-c2nc(C(=O)[O-])nn2-c2ccc(C#N)cc2)cn2nc(NC(=O)CCC[N+](C)(C)C)nc2c1-c1cccc(C(F)(F)F)c1. The van der Waals surface area contributed by atoms with Gasteiger partial charge in [0, 0.05) is 30.2 Å². The van der Waals surface area contributed by atoms with Crippen molar-refractivity contribution < 1.29 is 32.3 Å². The number of carbonyl (C=O) groups is 2. The van der Waals surface area contributed by atoms with Gasteiger partial charge in [-0.15, -0.1) is 10.2 Å². The standard InChI is InChI=1S/C31H28F3N9O3/c1-18-23(27-37-26(29(45)46)39-42(27)22-12-10-19(16-35)11-13-22)17-41-28(25(18)20-7-5-8-21(15-20)31(32,33)34)38-30(40-41)36-24(44)9-6-14-43(2,3)4/h5,7-8,10-13,15,17H,6,9,14H2,1-4H3,(H-,36,40,44,45,46). The number of carbonyl (C=O) groups excluding carboxylic acids is 2. The van der Waals surface area contributed by atoms with Crippen molar-refractivity contribution in [3.05, 3.63) is 77.2 Å². The van der Waals surface area contributed by atoms with Gasteiger partial charge >= 0.3 is 6.18 Å². The molecule has 0 bridgehead atoms. The summed E-state index contributed by atoms with van der Waals surface area (Å²) in [6, 6.07) is 12.8. The quantitative estimate of drug-likeness (QED) is 0.242. The van der Waals surface area contributed by atoms with E-state index in [1.807, 2.05) is 27.2 Å². The Morgan fingerprint density at radius 2 is 1.78 bits per heavy atom. The van der Waals surface area contributed by atoms with E-state index in [-0.39, 0.29) is 46.4 Å². The van der Waals surface area contributed by atoms with Gasteiger partial charge in [-0.05, 0) is 54.4 Å². The van der Waals surface area contributed by atoms with Gasteiger partial charge in [0.25, 0.3) is 0 Å². The molecule has 0 aliphatic carbocycles. The predicted octanol–water partition coefficient (Wildman–Crippen LogP) is 3.63. The molecule has 3 aromatic heterocycles. The molecule has 0 aliphatic rings. The van der Waals surface area contributed by atoms with Crippen LogP contribution in [0.1, 0.15) is 40.2 Å². The number of aromatic nitrogens is 6. The number of quaternary nitrogens is 1. The minimum absolute atomic E-state index is 0.0120. The summed E-state index contributed by atoms with van der Waals surface area (Å²) in [4.78, 5) is 33.2. The van der Waals surface area contributed by atoms with Crippen molar-refractivity contribution in [2.75, 3.05) is 33.0 Å². The minimum atomic E-state index is -4.63. The molecule has 12 nitrogen and oxygen atoms in total. The Labute approximate surface area is 260 Å². The van der Waals surface area contributed by atoms with Crippen molar-refractivity contribution in [3.63, 3.8) is 0 Å². The largest absolute Gasteiger partial charge is 0.541 e. The molecule has 0 fully saturated rings. The molecule has 3 heterocycles. The summed E-state index contributed by atoms with van der Waals surface area (Å²) in [5.41, 5.74) is 0.995. The van der Waals surface area contributed by atoms with Gasteiger partial charge < -0.3 is 14.4 Å². The van der Waals surface area contributed by atoms with E-state index in [0.29, 0.717) is 27.7 Å². The number of benzene rings is 2. The van der Waals surface area contributed by atoms with Crippen LogP contribution in [0.4, 0.5) is 19.1 Å². The van der Waals surface area contributed by atoms with Crippen LogP contribution in [0.5, 0.6) is 0 Å². The Morgan fingerprint density at radius 3 is 2.41 bits per heavy atom. The van der Waals surface area contributed by atoms with E-state index < -0.39 is 23.5 Å². The summed E-state index contributed by atoms with van der Waals surface area (Å²) in [5, 5.41) is 32.1. The van der Waals surface area contributed by atoms with Crippen molar-refractivity contribution >= 4 is 23.5 Å². The molecule has 5 aromatic rings. The van der Waals surface area contributed by atoms with E-state index in [9.17, 15) is 33.1 Å². The van der Waals surface area contributed by atoms with E-state index in [1.54, 1.807) is 19.1 Å². The maximum absolute atomic E-state index is 13.8. The molecule has 0 saturated carbocycles. The second-order valence-electron chi connectivity index (χ2n) is 11.6. The third-order valence-corrected chi connectivity index (χ3v) is 7.12. The number of pyridine rings is 1. The highest BCUT2D eigenvalue weighted by Gasteiger charge is 2.31. The molecular formula is C31H28F3N9O3. The van der Waals surface area contributed by atoms with Gasteiger partial charge in [-0.25, -0.2) is 14.2 Å². The van der Waals surface area contributed by atoms with Crippen LogP contribution >= 0.6 is 0 Å². The van der Waals surface area contributed by atoms with Crippen LogP contribution in [-0.2, 0) is 11.0 Å². The molecule has 5 rings (SSSR count). The number of aromatic carboxylic acids is 1. The van der Waals surface area contributed by atoms with Crippen molar-refractivity contribution in [2.24, 2.45) is 0 Å². The zero-order chi connectivity index (χ0) is 33.4. The molecule has 1 amide bonds. The molecule has 0 radical (unpaired) electrons. The fourth-order valence-electron chi connectivity index (χ4n) is 4.91. The highest BCUT2D eigenvalue weighted by molar-refractivity contribution is 5.91. The Morgan fingerprint density at radius 1 is 1.07 bits per heavy atom. The molecule has 0 atom stereocenters. The molecule has 236 valence electrons. The lowest BCUT2D eigenvalue weighted by Crippen LogP contribution is -2.35. The normalized spacial score (nSPS) is 11.9. The molecule has 46 heavy (non-hydrogen) atoms. The zero-order valence-corrected chi connectivity index (χ0v) is 25.3. The first kappa shape index (κ1) is 31.8. The number of nitrogens with zero attached hydrogens (tertiary/aromatic N) is 8. The number of carboxylic acids is 1. The number of hydrogen-bond donors (Lipinski definition) is 1. The van der Waals surface area contributed by atoms with Gasteiger partial charge in [0.15, 0.2) is 17.3 Å². The minimum Gasteiger partial charge on any atom is -0.541 e. The molecule has 0 saturated heterocycles. The number of halogens is 3. The summed E-state index contributed by atoms with van der Waals surface area (Å²) >= 11 is 0. The summed E-state index contributed by atoms with van der Waals surface area (Å²) in [6.45, 7) is 2.38. The van der Waals surface area contributed by atoms with Crippen LogP contribution in [0.3, 0.4) is 0 Å². The van der Waals surface area contributed by atoms with E-state index in [2.05, 4.69) is 25.5 Å². The molecular weight excluding hydrogens is 603 g/mol. The smallest absolute Gasteiger partial charge is 0.416 e. The molecule has 0 unspecified atom stereocenters. The van der Waals surface area contributed by atoms with Gasteiger partial charge in [0.05, 0.1) is 50.6 Å². The van der Waals surface area contributed by atoms with Gasteiger partial charge in [0.2, 0.25) is 11.9 Å². The highest BCUT2D eigenvalue weighted by atomic mass is 19.4. The third-order valence-electron chi connectivity index (χ3n) is 7.12. The monoisotopic (exact) mass is 631 g/mol. The Bertz CT molecular complexity index is 2000. The van der Waals surface area contributed by atoms with Gasteiger partial charge in [0.1, 0.15) is 5.97 Å². The van der Waals surface area contributed by atoms with Crippen molar-refractivity contribution in [3.8, 4) is 34.3 Å². The number of hydrogen-bond acceptors (Lipinski definition) is 8. The molecule has 0 spiro atoms. The Kier molecular flexibility index (Phi) is 8.33. The number of rotatable bonds is 9. The zero-order valence-electron chi connectivity index (χ0n) is 25.3.